The van der Waals surface area contributed by atoms with Gasteiger partial charge in [-0.2, -0.15) is 0 Å². The predicted molar refractivity (Wildman–Crippen MR) is 120 cm³/mol. The molecule has 0 aliphatic carbocycles. The molecule has 0 unspecified atom stereocenters. The third-order valence-electron chi connectivity index (χ3n) is 5.39. The van der Waals surface area contributed by atoms with Gasteiger partial charge in [-0.1, -0.05) is 19.1 Å². The molecule has 7 heteroatoms. The number of nitrogens with one attached hydrogen (secondary N) is 1. The van der Waals surface area contributed by atoms with Crippen LogP contribution in [0.3, 0.4) is 0 Å². The van der Waals surface area contributed by atoms with Crippen LogP contribution in [0.5, 0.6) is 5.75 Å². The van der Waals surface area contributed by atoms with Crippen LogP contribution in [0.15, 0.2) is 36.5 Å². The van der Waals surface area contributed by atoms with Crippen molar-refractivity contribution in [2.75, 3.05) is 29.9 Å². The number of carbonyl (C=O) groups is 1. The van der Waals surface area contributed by atoms with Crippen molar-refractivity contribution in [3.8, 4) is 5.75 Å². The van der Waals surface area contributed by atoms with Crippen molar-refractivity contribution < 1.29 is 19.0 Å². The number of halogens is 1. The Balaban J connectivity index is 1.60. The predicted octanol–water partition coefficient (Wildman–Crippen LogP) is 4.14. The molecule has 1 aliphatic heterocycles. The number of hydrogen-bond acceptors (Lipinski definition) is 6. The Bertz CT molecular complexity index is 896. The Kier molecular flexibility index (Phi) is 7.15. The summed E-state index contributed by atoms with van der Waals surface area (Å²) in [4.78, 5) is 17.3. The van der Waals surface area contributed by atoms with Gasteiger partial charge in [0.15, 0.2) is 11.6 Å². The van der Waals surface area contributed by atoms with Gasteiger partial charge in [0.2, 0.25) is 0 Å². The number of Topliss-reactive ketones (excluding diaryl/α,β-unsaturated/α-hetero) is 1. The van der Waals surface area contributed by atoms with Crippen LogP contribution < -0.4 is 15.0 Å². The monoisotopic (exact) mass is 429 g/mol. The van der Waals surface area contributed by atoms with Gasteiger partial charge in [-0.25, -0.2) is 9.37 Å². The van der Waals surface area contributed by atoms with Crippen LogP contribution in [0.2, 0.25) is 0 Å². The first-order valence-electron chi connectivity index (χ1n) is 10.7. The van der Waals surface area contributed by atoms with Crippen LogP contribution in [0.4, 0.5) is 15.9 Å². The van der Waals surface area contributed by atoms with E-state index in [9.17, 15) is 14.3 Å². The number of ketones is 1. The first-order chi connectivity index (χ1) is 14.6. The number of pyridine rings is 1. The SMILES string of the molecule is CC(=O)C[C@@H](C)c1ccc(O[C@@H]2CCN(c3ccnc(NCC(C)(C)O)c3F)C2)cc1. The van der Waals surface area contributed by atoms with E-state index < -0.39 is 11.4 Å². The second-order valence-corrected chi connectivity index (χ2v) is 9.01. The maximum atomic E-state index is 15.0. The fraction of sp³-hybridized carbons (Fsp3) is 0.500. The number of nitrogens with zero attached hydrogens (tertiary/aromatic N) is 2. The second kappa shape index (κ2) is 9.64. The molecule has 1 aliphatic rings. The molecular weight excluding hydrogens is 397 g/mol. The lowest BCUT2D eigenvalue weighted by molar-refractivity contribution is -0.117. The van der Waals surface area contributed by atoms with Crippen molar-refractivity contribution in [2.24, 2.45) is 0 Å². The normalized spacial score (nSPS) is 17.5. The highest BCUT2D eigenvalue weighted by Gasteiger charge is 2.27. The smallest absolute Gasteiger partial charge is 0.188 e. The van der Waals surface area contributed by atoms with E-state index in [1.54, 1.807) is 33.0 Å². The number of ether oxygens (including phenoxy) is 1. The van der Waals surface area contributed by atoms with Gasteiger partial charge in [-0.3, -0.25) is 0 Å². The summed E-state index contributed by atoms with van der Waals surface area (Å²) in [5.74, 6) is 0.854. The van der Waals surface area contributed by atoms with Crippen molar-refractivity contribution in [1.29, 1.82) is 0 Å². The first-order valence-corrected chi connectivity index (χ1v) is 10.7. The van der Waals surface area contributed by atoms with Gasteiger partial charge in [0.05, 0.1) is 17.8 Å². The summed E-state index contributed by atoms with van der Waals surface area (Å²) in [7, 11) is 0. The van der Waals surface area contributed by atoms with Gasteiger partial charge in [0, 0.05) is 32.1 Å². The number of anilines is 2. The van der Waals surface area contributed by atoms with Gasteiger partial charge in [0.1, 0.15) is 17.6 Å². The number of aromatic nitrogens is 1. The molecule has 1 fully saturated rings. The Morgan fingerprint density at radius 2 is 2.06 bits per heavy atom. The molecule has 0 amide bonds. The molecule has 2 heterocycles. The highest BCUT2D eigenvalue weighted by atomic mass is 19.1. The van der Waals surface area contributed by atoms with E-state index in [4.69, 9.17) is 4.74 Å². The Morgan fingerprint density at radius 1 is 1.35 bits per heavy atom. The summed E-state index contributed by atoms with van der Waals surface area (Å²) >= 11 is 0. The van der Waals surface area contributed by atoms with E-state index in [1.807, 2.05) is 36.1 Å². The van der Waals surface area contributed by atoms with E-state index in [-0.39, 0.29) is 30.2 Å². The summed E-state index contributed by atoms with van der Waals surface area (Å²) < 4.78 is 21.1. The van der Waals surface area contributed by atoms with Crippen molar-refractivity contribution in [3.05, 3.63) is 47.9 Å². The van der Waals surface area contributed by atoms with Crippen molar-refractivity contribution in [2.45, 2.75) is 58.2 Å². The molecule has 168 valence electrons. The van der Waals surface area contributed by atoms with Gasteiger partial charge in [-0.05, 0) is 50.5 Å². The maximum Gasteiger partial charge on any atom is 0.188 e. The van der Waals surface area contributed by atoms with Crippen LogP contribution in [0.1, 0.15) is 52.0 Å². The highest BCUT2D eigenvalue weighted by molar-refractivity contribution is 5.76. The quantitative estimate of drug-likeness (QED) is 0.624. The standard InChI is InChI=1S/C24H32FN3O3/c1-16(13-17(2)29)18-5-7-19(8-6-18)31-20-10-12-28(14-20)21-9-11-26-23(22(21)25)27-15-24(3,4)30/h5-9,11,16,20,30H,10,12-15H2,1-4H3,(H,26,27)/t16-,20-/m1/s1. The summed E-state index contributed by atoms with van der Waals surface area (Å²) in [6.07, 6.45) is 2.85. The van der Waals surface area contributed by atoms with Crippen LogP contribution in [0.25, 0.3) is 0 Å². The third-order valence-corrected chi connectivity index (χ3v) is 5.39. The van der Waals surface area contributed by atoms with E-state index >= 15 is 0 Å². The molecule has 2 aromatic rings. The van der Waals surface area contributed by atoms with Crippen LogP contribution in [0, 0.1) is 5.82 Å². The summed E-state index contributed by atoms with van der Waals surface area (Å²) in [6, 6.07) is 9.52. The molecule has 31 heavy (non-hydrogen) atoms. The number of benzene rings is 1. The van der Waals surface area contributed by atoms with E-state index in [0.717, 1.165) is 17.7 Å². The zero-order valence-corrected chi connectivity index (χ0v) is 18.7. The third kappa shape index (κ3) is 6.40. The Labute approximate surface area is 183 Å². The average Bonchev–Trinajstić information content (AvgIpc) is 3.14. The molecule has 2 N–H and O–H groups in total. The second-order valence-electron chi connectivity index (χ2n) is 9.01. The maximum absolute atomic E-state index is 15.0. The van der Waals surface area contributed by atoms with E-state index in [1.165, 1.54) is 0 Å². The molecular formula is C24H32FN3O3. The molecule has 0 saturated carbocycles. The van der Waals surface area contributed by atoms with Gasteiger partial charge < -0.3 is 24.9 Å². The zero-order chi connectivity index (χ0) is 22.6. The molecule has 1 aromatic carbocycles. The Hall–Kier alpha value is -2.67. The molecule has 0 bridgehead atoms. The minimum absolute atomic E-state index is 0.0409. The fourth-order valence-corrected chi connectivity index (χ4v) is 3.76. The van der Waals surface area contributed by atoms with E-state index in [0.29, 0.717) is 25.2 Å². The number of hydrogen-bond donors (Lipinski definition) is 2. The molecule has 0 spiro atoms. The van der Waals surface area contributed by atoms with Crippen LogP contribution in [-0.2, 0) is 4.79 Å². The van der Waals surface area contributed by atoms with Crippen LogP contribution >= 0.6 is 0 Å². The minimum atomic E-state index is -0.962. The Morgan fingerprint density at radius 3 is 2.71 bits per heavy atom. The molecule has 0 radical (unpaired) electrons. The molecule has 1 saturated heterocycles. The van der Waals surface area contributed by atoms with Crippen molar-refractivity contribution >= 4 is 17.3 Å². The van der Waals surface area contributed by atoms with Crippen molar-refractivity contribution in [1.82, 2.24) is 4.98 Å². The van der Waals surface area contributed by atoms with E-state index in [2.05, 4.69) is 10.3 Å². The fourth-order valence-electron chi connectivity index (χ4n) is 3.76. The van der Waals surface area contributed by atoms with Gasteiger partial charge in [0.25, 0.3) is 0 Å². The topological polar surface area (TPSA) is 74.7 Å². The largest absolute Gasteiger partial charge is 0.489 e. The average molecular weight is 430 g/mol. The summed E-state index contributed by atoms with van der Waals surface area (Å²) in [6.45, 7) is 8.42. The summed E-state index contributed by atoms with van der Waals surface area (Å²) in [5, 5.41) is 12.7. The molecule has 1 aromatic heterocycles. The molecule has 2 atom stereocenters. The minimum Gasteiger partial charge on any atom is -0.489 e. The molecule has 6 nitrogen and oxygen atoms in total. The highest BCUT2D eigenvalue weighted by Crippen LogP contribution is 2.29. The molecule has 3 rings (SSSR count). The lowest BCUT2D eigenvalue weighted by atomic mass is 9.96. The van der Waals surface area contributed by atoms with Gasteiger partial charge in [-0.15, -0.1) is 0 Å². The lowest BCUT2D eigenvalue weighted by Crippen LogP contribution is -2.30. The van der Waals surface area contributed by atoms with Crippen LogP contribution in [-0.4, -0.2) is 47.2 Å². The van der Waals surface area contributed by atoms with Gasteiger partial charge >= 0.3 is 0 Å². The van der Waals surface area contributed by atoms with Crippen molar-refractivity contribution in [3.63, 3.8) is 0 Å². The zero-order valence-electron chi connectivity index (χ0n) is 18.7. The number of rotatable bonds is 9. The lowest BCUT2D eigenvalue weighted by Gasteiger charge is -2.22. The number of aliphatic hydroxyl groups is 1. The first kappa shape index (κ1) is 23.0. The number of carbonyl (C=O) groups excluding carboxylic acids is 1. The summed E-state index contributed by atoms with van der Waals surface area (Å²) in [5.41, 5.74) is 0.629.